The van der Waals surface area contributed by atoms with Crippen LogP contribution in [0.1, 0.15) is 5.56 Å². The SMILES string of the molecule is O=S(O)Cc1ccc(-c2oc3ccccc3c2-c2ccccc2)cc1. The molecule has 124 valence electrons. The molecule has 0 aliphatic rings. The molecule has 0 aliphatic heterocycles. The fraction of sp³-hybridized carbons (Fsp3) is 0.0476. The Labute approximate surface area is 148 Å². The van der Waals surface area contributed by atoms with Gasteiger partial charge in [0.05, 0.1) is 5.75 Å². The second-order valence-electron chi connectivity index (χ2n) is 5.83. The van der Waals surface area contributed by atoms with Crippen molar-refractivity contribution < 1.29 is 13.2 Å². The van der Waals surface area contributed by atoms with Gasteiger partial charge in [-0.25, -0.2) is 4.21 Å². The first kappa shape index (κ1) is 15.8. The van der Waals surface area contributed by atoms with Gasteiger partial charge in [-0.05, 0) is 17.2 Å². The van der Waals surface area contributed by atoms with Crippen LogP contribution >= 0.6 is 0 Å². The summed E-state index contributed by atoms with van der Waals surface area (Å²) < 4.78 is 26.2. The van der Waals surface area contributed by atoms with Crippen LogP contribution in [0.5, 0.6) is 0 Å². The summed E-state index contributed by atoms with van der Waals surface area (Å²) in [5.41, 5.74) is 4.78. The van der Waals surface area contributed by atoms with Gasteiger partial charge in [0.15, 0.2) is 11.1 Å². The van der Waals surface area contributed by atoms with E-state index in [1.807, 2.05) is 60.7 Å². The van der Waals surface area contributed by atoms with Crippen molar-refractivity contribution >= 4 is 22.0 Å². The number of fused-ring (bicyclic) bond motifs is 1. The van der Waals surface area contributed by atoms with Crippen LogP contribution in [0.3, 0.4) is 0 Å². The highest BCUT2D eigenvalue weighted by atomic mass is 32.2. The molecule has 1 aromatic heterocycles. The lowest BCUT2D eigenvalue weighted by Gasteiger charge is -2.05. The summed E-state index contributed by atoms with van der Waals surface area (Å²) in [7, 11) is 0. The van der Waals surface area contributed by atoms with Gasteiger partial charge in [0.25, 0.3) is 0 Å². The van der Waals surface area contributed by atoms with E-state index in [1.54, 1.807) is 0 Å². The average Bonchev–Trinajstić information content (AvgIpc) is 3.02. The van der Waals surface area contributed by atoms with Crippen LogP contribution in [-0.2, 0) is 16.8 Å². The summed E-state index contributed by atoms with van der Waals surface area (Å²) in [6, 6.07) is 25.8. The maximum absolute atomic E-state index is 11.0. The maximum atomic E-state index is 11.0. The van der Waals surface area contributed by atoms with Crippen molar-refractivity contribution in [2.24, 2.45) is 0 Å². The molecule has 0 aliphatic carbocycles. The first-order valence-corrected chi connectivity index (χ1v) is 9.23. The van der Waals surface area contributed by atoms with Crippen LogP contribution in [0.25, 0.3) is 33.4 Å². The minimum absolute atomic E-state index is 0.131. The molecule has 1 atom stereocenters. The van der Waals surface area contributed by atoms with E-state index in [4.69, 9.17) is 8.97 Å². The number of hydrogen-bond acceptors (Lipinski definition) is 2. The van der Waals surface area contributed by atoms with Gasteiger partial charge in [-0.1, -0.05) is 72.8 Å². The predicted octanol–water partition coefficient (Wildman–Crippen LogP) is 5.49. The van der Waals surface area contributed by atoms with Gasteiger partial charge in [-0.3, -0.25) is 0 Å². The number of furan rings is 1. The lowest BCUT2D eigenvalue weighted by Crippen LogP contribution is -1.92. The van der Waals surface area contributed by atoms with E-state index in [1.165, 1.54) is 0 Å². The topological polar surface area (TPSA) is 50.4 Å². The van der Waals surface area contributed by atoms with Gasteiger partial charge in [0.1, 0.15) is 11.3 Å². The fourth-order valence-corrected chi connectivity index (χ4v) is 3.51. The number of para-hydroxylation sites is 1. The van der Waals surface area contributed by atoms with Crippen LogP contribution in [0, 0.1) is 0 Å². The molecule has 0 radical (unpaired) electrons. The van der Waals surface area contributed by atoms with E-state index in [0.717, 1.165) is 39.0 Å². The van der Waals surface area contributed by atoms with Crippen LogP contribution in [-0.4, -0.2) is 8.76 Å². The van der Waals surface area contributed by atoms with Gasteiger partial charge in [0.2, 0.25) is 0 Å². The lowest BCUT2D eigenvalue weighted by molar-refractivity contribution is 0.563. The number of benzene rings is 3. The fourth-order valence-electron chi connectivity index (χ4n) is 3.04. The largest absolute Gasteiger partial charge is 0.455 e. The Kier molecular flexibility index (Phi) is 4.22. The first-order chi connectivity index (χ1) is 12.2. The smallest absolute Gasteiger partial charge is 0.157 e. The van der Waals surface area contributed by atoms with Crippen molar-refractivity contribution in [2.75, 3.05) is 0 Å². The van der Waals surface area contributed by atoms with E-state index < -0.39 is 11.1 Å². The van der Waals surface area contributed by atoms with E-state index in [9.17, 15) is 4.21 Å². The Balaban J connectivity index is 1.88. The summed E-state index contributed by atoms with van der Waals surface area (Å²) in [6.07, 6.45) is 0. The normalized spacial score (nSPS) is 12.4. The van der Waals surface area contributed by atoms with Gasteiger partial charge in [0, 0.05) is 16.5 Å². The molecule has 1 N–H and O–H groups in total. The third-order valence-corrected chi connectivity index (χ3v) is 4.74. The quantitative estimate of drug-likeness (QED) is 0.496. The molecule has 3 aromatic carbocycles. The zero-order valence-corrected chi connectivity index (χ0v) is 14.2. The zero-order valence-electron chi connectivity index (χ0n) is 13.4. The average molecular weight is 348 g/mol. The molecule has 1 unspecified atom stereocenters. The van der Waals surface area contributed by atoms with Crippen LogP contribution in [0.4, 0.5) is 0 Å². The van der Waals surface area contributed by atoms with Crippen molar-refractivity contribution in [3.05, 3.63) is 84.4 Å². The second kappa shape index (κ2) is 6.67. The lowest BCUT2D eigenvalue weighted by atomic mass is 9.98. The standard InChI is InChI=1S/C21H16O3S/c22-25(23)14-15-10-12-17(13-11-15)21-20(16-6-2-1-3-7-16)18-8-4-5-9-19(18)24-21/h1-13H,14H2,(H,22,23). The summed E-state index contributed by atoms with van der Waals surface area (Å²) >= 11 is -1.84. The molecule has 0 saturated carbocycles. The number of rotatable bonds is 4. The molecule has 4 aromatic rings. The van der Waals surface area contributed by atoms with Gasteiger partial charge in [-0.2, -0.15) is 0 Å². The highest BCUT2D eigenvalue weighted by molar-refractivity contribution is 7.78. The Morgan fingerprint density at radius 3 is 2.20 bits per heavy atom. The Bertz CT molecular complexity index is 1030. The van der Waals surface area contributed by atoms with E-state index in [0.29, 0.717) is 0 Å². The monoisotopic (exact) mass is 348 g/mol. The molecule has 0 bridgehead atoms. The highest BCUT2D eigenvalue weighted by Gasteiger charge is 2.17. The van der Waals surface area contributed by atoms with Crippen molar-refractivity contribution in [3.8, 4) is 22.5 Å². The Hall–Kier alpha value is -2.69. The third kappa shape index (κ3) is 3.14. The predicted molar refractivity (Wildman–Crippen MR) is 102 cm³/mol. The first-order valence-electron chi connectivity index (χ1n) is 7.96. The highest BCUT2D eigenvalue weighted by Crippen LogP contribution is 2.40. The molecule has 0 fully saturated rings. The van der Waals surface area contributed by atoms with E-state index in [-0.39, 0.29) is 5.75 Å². The van der Waals surface area contributed by atoms with Crippen molar-refractivity contribution in [2.45, 2.75) is 5.75 Å². The second-order valence-corrected chi connectivity index (χ2v) is 6.76. The van der Waals surface area contributed by atoms with E-state index >= 15 is 0 Å². The summed E-state index contributed by atoms with van der Waals surface area (Å²) in [5, 5.41) is 1.07. The molecule has 1 heterocycles. The van der Waals surface area contributed by atoms with Crippen molar-refractivity contribution in [1.29, 1.82) is 0 Å². The number of hydrogen-bond donors (Lipinski definition) is 1. The molecular formula is C21H16O3S. The zero-order chi connectivity index (χ0) is 17.2. The molecule has 4 rings (SSSR count). The molecule has 25 heavy (non-hydrogen) atoms. The van der Waals surface area contributed by atoms with Gasteiger partial charge < -0.3 is 8.97 Å². The minimum atomic E-state index is -1.84. The minimum Gasteiger partial charge on any atom is -0.455 e. The molecule has 4 heteroatoms. The molecule has 0 saturated heterocycles. The maximum Gasteiger partial charge on any atom is 0.157 e. The van der Waals surface area contributed by atoms with Crippen molar-refractivity contribution in [1.82, 2.24) is 0 Å². The van der Waals surface area contributed by atoms with Gasteiger partial charge >= 0.3 is 0 Å². The molecule has 3 nitrogen and oxygen atoms in total. The summed E-state index contributed by atoms with van der Waals surface area (Å²) in [5.74, 6) is 0.940. The molecule has 0 amide bonds. The Morgan fingerprint density at radius 1 is 0.800 bits per heavy atom. The molecular weight excluding hydrogens is 332 g/mol. The third-order valence-electron chi connectivity index (χ3n) is 4.16. The van der Waals surface area contributed by atoms with Crippen LogP contribution in [0.15, 0.2) is 83.3 Å². The van der Waals surface area contributed by atoms with Crippen LogP contribution < -0.4 is 0 Å². The van der Waals surface area contributed by atoms with Crippen LogP contribution in [0.2, 0.25) is 0 Å². The molecule has 0 spiro atoms. The summed E-state index contributed by atoms with van der Waals surface area (Å²) in [6.45, 7) is 0. The van der Waals surface area contributed by atoms with Crippen molar-refractivity contribution in [3.63, 3.8) is 0 Å². The Morgan fingerprint density at radius 2 is 1.48 bits per heavy atom. The summed E-state index contributed by atoms with van der Waals surface area (Å²) in [4.78, 5) is 0. The van der Waals surface area contributed by atoms with E-state index in [2.05, 4.69) is 18.2 Å². The van der Waals surface area contributed by atoms with Gasteiger partial charge in [-0.15, -0.1) is 0 Å².